The summed E-state index contributed by atoms with van der Waals surface area (Å²) in [5.74, 6) is 1.00. The van der Waals surface area contributed by atoms with Crippen LogP contribution in [0.4, 0.5) is 0 Å². The van der Waals surface area contributed by atoms with E-state index in [0.29, 0.717) is 0 Å². The zero-order valence-corrected chi connectivity index (χ0v) is 10.6. The number of benzene rings is 1. The van der Waals surface area contributed by atoms with E-state index in [0.717, 1.165) is 23.5 Å². The number of hydrogen-bond donors (Lipinski definition) is 0. The van der Waals surface area contributed by atoms with Gasteiger partial charge in [0.15, 0.2) is 5.65 Å². The zero-order valence-electron chi connectivity index (χ0n) is 10.6. The van der Waals surface area contributed by atoms with Gasteiger partial charge in [-0.25, -0.2) is 9.97 Å². The van der Waals surface area contributed by atoms with Gasteiger partial charge in [0.1, 0.15) is 11.3 Å². The fourth-order valence-corrected chi connectivity index (χ4v) is 2.14. The zero-order chi connectivity index (χ0) is 12.5. The van der Waals surface area contributed by atoms with Gasteiger partial charge in [-0.2, -0.15) is 0 Å². The monoisotopic (exact) mass is 237 g/mol. The molecular formula is C15H15N3. The lowest BCUT2D eigenvalue weighted by atomic mass is 10.1. The molecule has 0 bridgehead atoms. The maximum atomic E-state index is 4.53. The molecule has 1 aromatic carbocycles. The Hall–Kier alpha value is -2.16. The van der Waals surface area contributed by atoms with Gasteiger partial charge in [0.05, 0.1) is 6.54 Å². The lowest BCUT2D eigenvalue weighted by Crippen LogP contribution is -2.02. The van der Waals surface area contributed by atoms with Crippen LogP contribution in [0, 0.1) is 13.8 Å². The molecule has 0 aliphatic carbocycles. The van der Waals surface area contributed by atoms with E-state index in [2.05, 4.69) is 45.7 Å². The van der Waals surface area contributed by atoms with Crippen LogP contribution in [0.5, 0.6) is 0 Å². The maximum Gasteiger partial charge on any atom is 0.160 e. The van der Waals surface area contributed by atoms with Crippen molar-refractivity contribution >= 4 is 11.2 Å². The van der Waals surface area contributed by atoms with Gasteiger partial charge < -0.3 is 4.57 Å². The number of aryl methyl sites for hydroxylation is 2. The second kappa shape index (κ2) is 4.26. The van der Waals surface area contributed by atoms with Gasteiger partial charge in [-0.3, -0.25) is 0 Å². The summed E-state index contributed by atoms with van der Waals surface area (Å²) in [5.41, 5.74) is 4.47. The highest BCUT2D eigenvalue weighted by molar-refractivity contribution is 5.71. The van der Waals surface area contributed by atoms with Crippen LogP contribution in [0.2, 0.25) is 0 Å². The molecule has 0 fully saturated rings. The van der Waals surface area contributed by atoms with Crippen LogP contribution < -0.4 is 0 Å². The van der Waals surface area contributed by atoms with Crippen molar-refractivity contribution in [2.75, 3.05) is 0 Å². The van der Waals surface area contributed by atoms with Crippen LogP contribution in [-0.2, 0) is 6.54 Å². The molecule has 0 aliphatic heterocycles. The van der Waals surface area contributed by atoms with Crippen molar-refractivity contribution in [1.29, 1.82) is 0 Å². The van der Waals surface area contributed by atoms with Crippen molar-refractivity contribution in [3.05, 3.63) is 59.5 Å². The molecule has 90 valence electrons. The van der Waals surface area contributed by atoms with Crippen molar-refractivity contribution in [3.63, 3.8) is 0 Å². The van der Waals surface area contributed by atoms with E-state index < -0.39 is 0 Å². The summed E-state index contributed by atoms with van der Waals surface area (Å²) in [6, 6.07) is 12.5. The van der Waals surface area contributed by atoms with E-state index in [4.69, 9.17) is 0 Å². The lowest BCUT2D eigenvalue weighted by molar-refractivity contribution is 0.777. The van der Waals surface area contributed by atoms with Crippen molar-refractivity contribution in [2.24, 2.45) is 0 Å². The minimum atomic E-state index is 0.819. The first-order valence-electron chi connectivity index (χ1n) is 6.07. The molecule has 0 radical (unpaired) electrons. The van der Waals surface area contributed by atoms with E-state index in [-0.39, 0.29) is 0 Å². The molecule has 0 unspecified atom stereocenters. The van der Waals surface area contributed by atoms with Crippen LogP contribution in [-0.4, -0.2) is 14.5 Å². The molecule has 0 amide bonds. The second-order valence-electron chi connectivity index (χ2n) is 4.58. The Morgan fingerprint density at radius 3 is 2.61 bits per heavy atom. The average Bonchev–Trinajstić information content (AvgIpc) is 2.69. The Morgan fingerprint density at radius 2 is 1.83 bits per heavy atom. The van der Waals surface area contributed by atoms with Crippen molar-refractivity contribution < 1.29 is 0 Å². The van der Waals surface area contributed by atoms with Crippen molar-refractivity contribution in [1.82, 2.24) is 14.5 Å². The van der Waals surface area contributed by atoms with Crippen LogP contribution >= 0.6 is 0 Å². The molecule has 3 rings (SSSR count). The molecule has 2 aromatic heterocycles. The summed E-state index contributed by atoms with van der Waals surface area (Å²) in [6.07, 6.45) is 1.81. The van der Waals surface area contributed by atoms with Crippen LogP contribution in [0.3, 0.4) is 0 Å². The number of rotatable bonds is 2. The van der Waals surface area contributed by atoms with Crippen LogP contribution in [0.25, 0.3) is 11.2 Å². The highest BCUT2D eigenvalue weighted by atomic mass is 15.1. The third-order valence-electron chi connectivity index (χ3n) is 3.16. The Morgan fingerprint density at radius 1 is 1.06 bits per heavy atom. The predicted octanol–water partition coefficient (Wildman–Crippen LogP) is 3.10. The largest absolute Gasteiger partial charge is 0.308 e. The number of pyridine rings is 1. The molecule has 0 saturated heterocycles. The SMILES string of the molecule is Cc1ccc(Cn2c(C)nc3cccnc32)cc1. The minimum Gasteiger partial charge on any atom is -0.308 e. The fraction of sp³-hybridized carbons (Fsp3) is 0.200. The summed E-state index contributed by atoms with van der Waals surface area (Å²) in [6.45, 7) is 4.94. The normalized spacial score (nSPS) is 11.0. The van der Waals surface area contributed by atoms with E-state index in [9.17, 15) is 0 Å². The van der Waals surface area contributed by atoms with Gasteiger partial charge in [-0.15, -0.1) is 0 Å². The van der Waals surface area contributed by atoms with Gasteiger partial charge >= 0.3 is 0 Å². The molecule has 0 saturated carbocycles. The first kappa shape index (κ1) is 11.0. The highest BCUT2D eigenvalue weighted by Crippen LogP contribution is 2.15. The second-order valence-corrected chi connectivity index (χ2v) is 4.58. The quantitative estimate of drug-likeness (QED) is 0.685. The molecule has 0 aliphatic rings. The van der Waals surface area contributed by atoms with E-state index in [1.807, 2.05) is 25.3 Å². The Labute approximate surface area is 106 Å². The topological polar surface area (TPSA) is 30.7 Å². The fourth-order valence-electron chi connectivity index (χ4n) is 2.14. The third-order valence-corrected chi connectivity index (χ3v) is 3.16. The van der Waals surface area contributed by atoms with E-state index in [1.165, 1.54) is 11.1 Å². The summed E-state index contributed by atoms with van der Waals surface area (Å²) in [4.78, 5) is 8.94. The Bertz CT molecular complexity index is 681. The Balaban J connectivity index is 2.04. The smallest absolute Gasteiger partial charge is 0.160 e. The number of imidazole rings is 1. The molecule has 3 heteroatoms. The summed E-state index contributed by atoms with van der Waals surface area (Å²) in [7, 11) is 0. The summed E-state index contributed by atoms with van der Waals surface area (Å²) >= 11 is 0. The molecule has 2 heterocycles. The van der Waals surface area contributed by atoms with Gasteiger partial charge in [0, 0.05) is 6.20 Å². The van der Waals surface area contributed by atoms with E-state index >= 15 is 0 Å². The summed E-state index contributed by atoms with van der Waals surface area (Å²) < 4.78 is 2.15. The molecule has 0 spiro atoms. The van der Waals surface area contributed by atoms with Crippen LogP contribution in [0.1, 0.15) is 17.0 Å². The van der Waals surface area contributed by atoms with Gasteiger partial charge in [-0.1, -0.05) is 29.8 Å². The third kappa shape index (κ3) is 1.88. The number of nitrogens with zero attached hydrogens (tertiary/aromatic N) is 3. The first-order valence-corrected chi connectivity index (χ1v) is 6.07. The average molecular weight is 237 g/mol. The van der Waals surface area contributed by atoms with Gasteiger partial charge in [0.25, 0.3) is 0 Å². The molecular weight excluding hydrogens is 222 g/mol. The highest BCUT2D eigenvalue weighted by Gasteiger charge is 2.07. The molecule has 3 nitrogen and oxygen atoms in total. The first-order chi connectivity index (χ1) is 8.74. The molecule has 18 heavy (non-hydrogen) atoms. The molecule has 0 atom stereocenters. The number of aromatic nitrogens is 3. The molecule has 3 aromatic rings. The van der Waals surface area contributed by atoms with Crippen LogP contribution in [0.15, 0.2) is 42.6 Å². The number of fused-ring (bicyclic) bond motifs is 1. The summed E-state index contributed by atoms with van der Waals surface area (Å²) in [5, 5.41) is 0. The van der Waals surface area contributed by atoms with Gasteiger partial charge in [0.2, 0.25) is 0 Å². The van der Waals surface area contributed by atoms with Gasteiger partial charge in [-0.05, 0) is 31.5 Å². The predicted molar refractivity (Wildman–Crippen MR) is 72.5 cm³/mol. The van der Waals surface area contributed by atoms with Crippen molar-refractivity contribution in [2.45, 2.75) is 20.4 Å². The standard InChI is InChI=1S/C15H15N3/c1-11-5-7-13(8-6-11)10-18-12(2)17-14-4-3-9-16-15(14)18/h3-9H,10H2,1-2H3. The minimum absolute atomic E-state index is 0.819. The Kier molecular flexibility index (Phi) is 2.59. The molecule has 0 N–H and O–H groups in total. The van der Waals surface area contributed by atoms with Crippen molar-refractivity contribution in [3.8, 4) is 0 Å². The maximum absolute atomic E-state index is 4.53. The van der Waals surface area contributed by atoms with E-state index in [1.54, 1.807) is 0 Å². The number of hydrogen-bond acceptors (Lipinski definition) is 2. The lowest BCUT2D eigenvalue weighted by Gasteiger charge is -2.06.